The molecule has 0 aromatic carbocycles. The smallest absolute Gasteiger partial charge is 0.150 e. The summed E-state index contributed by atoms with van der Waals surface area (Å²) in [6, 6.07) is 1.02. The van der Waals surface area contributed by atoms with Crippen molar-refractivity contribution in [1.82, 2.24) is 0 Å². The molecule has 3 nitrogen and oxygen atoms in total. The molecule has 0 rings (SSSR count). The van der Waals surface area contributed by atoms with E-state index in [4.69, 9.17) is 16.2 Å². The molecule has 3 atom stereocenters. The Kier molecular flexibility index (Phi) is 9.52. The summed E-state index contributed by atoms with van der Waals surface area (Å²) in [6.07, 6.45) is 3.09. The van der Waals surface area contributed by atoms with Crippen LogP contribution in [0.15, 0.2) is 0 Å². The van der Waals surface area contributed by atoms with Gasteiger partial charge in [0.2, 0.25) is 0 Å². The first-order chi connectivity index (χ1) is 8.20. The molecule has 0 aromatic rings. The van der Waals surface area contributed by atoms with Gasteiger partial charge >= 0.3 is 0 Å². The third-order valence-corrected chi connectivity index (χ3v) is 5.17. The first-order valence-corrected chi connectivity index (χ1v) is 11.2. The minimum absolute atomic E-state index is 0.334. The van der Waals surface area contributed by atoms with Gasteiger partial charge in [0.1, 0.15) is 7.38 Å². The third-order valence-electron chi connectivity index (χ3n) is 3.06. The maximum Gasteiger partial charge on any atom is 0.150 e. The molecule has 3 unspecified atom stereocenters. The fraction of sp³-hybridized carbons (Fsp3) is 1.00. The first kappa shape index (κ1) is 18.4. The molecule has 0 aliphatic heterocycles. The van der Waals surface area contributed by atoms with Crippen LogP contribution in [0.3, 0.4) is 0 Å². The number of rotatable bonds is 10. The molecule has 0 saturated heterocycles. The van der Waals surface area contributed by atoms with E-state index in [0.717, 1.165) is 18.9 Å². The second-order valence-corrected chi connectivity index (χ2v) is 12.9. The highest BCUT2D eigenvalue weighted by Gasteiger charge is 2.17. The van der Waals surface area contributed by atoms with Crippen LogP contribution in [0.1, 0.15) is 45.4 Å². The monoisotopic (exact) mass is 296 g/mol. The van der Waals surface area contributed by atoms with Crippen molar-refractivity contribution in [3.63, 3.8) is 0 Å². The van der Waals surface area contributed by atoms with Crippen LogP contribution in [0.2, 0.25) is 19.1 Å². The molecule has 0 spiro atoms. The van der Waals surface area contributed by atoms with Gasteiger partial charge in [-0.2, -0.15) is 11.1 Å². The predicted octanol–water partition coefficient (Wildman–Crippen LogP) is 2.87. The number of hydrogen-bond acceptors (Lipinski definition) is 3. The second kappa shape index (κ2) is 9.32. The van der Waals surface area contributed by atoms with Crippen molar-refractivity contribution in [3.05, 3.63) is 0 Å². The van der Waals surface area contributed by atoms with Crippen LogP contribution < -0.4 is 0 Å². The lowest BCUT2D eigenvalue weighted by atomic mass is 10.0. The van der Waals surface area contributed by atoms with Gasteiger partial charge in [0.25, 0.3) is 0 Å². The fourth-order valence-corrected chi connectivity index (χ4v) is 3.31. The SMILES string of the molecule is CC(O)CCC(O)CCC(O)CCC[Si](C)(C)Cl. The maximum atomic E-state index is 9.78. The van der Waals surface area contributed by atoms with E-state index in [0.29, 0.717) is 25.7 Å². The van der Waals surface area contributed by atoms with Crippen LogP contribution in [0.5, 0.6) is 0 Å². The van der Waals surface area contributed by atoms with Gasteiger partial charge in [0.15, 0.2) is 0 Å². The molecule has 5 heteroatoms. The lowest BCUT2D eigenvalue weighted by Gasteiger charge is -2.16. The van der Waals surface area contributed by atoms with Crippen molar-refractivity contribution in [2.24, 2.45) is 0 Å². The van der Waals surface area contributed by atoms with Gasteiger partial charge < -0.3 is 15.3 Å². The number of halogens is 1. The average molecular weight is 297 g/mol. The highest BCUT2D eigenvalue weighted by molar-refractivity contribution is 7.19. The normalized spacial score (nSPS) is 17.5. The molecule has 0 aromatic heterocycles. The van der Waals surface area contributed by atoms with Crippen LogP contribution in [-0.4, -0.2) is 41.0 Å². The van der Waals surface area contributed by atoms with Gasteiger partial charge in [0, 0.05) is 0 Å². The second-order valence-electron chi connectivity index (χ2n) is 5.92. The quantitative estimate of drug-likeness (QED) is 0.429. The molecule has 0 bridgehead atoms. The van der Waals surface area contributed by atoms with E-state index in [1.165, 1.54) is 0 Å². The molecule has 0 aliphatic rings. The Balaban J connectivity index is 3.54. The Hall–Kier alpha value is 0.387. The minimum atomic E-state index is -1.51. The van der Waals surface area contributed by atoms with Gasteiger partial charge in [0.05, 0.1) is 18.3 Å². The predicted molar refractivity (Wildman–Crippen MR) is 79.5 cm³/mol. The van der Waals surface area contributed by atoms with Gasteiger partial charge in [-0.05, 0) is 45.1 Å². The molecule has 110 valence electrons. The minimum Gasteiger partial charge on any atom is -0.393 e. The highest BCUT2D eigenvalue weighted by atomic mass is 35.6. The van der Waals surface area contributed by atoms with E-state index in [1.807, 2.05) is 0 Å². The van der Waals surface area contributed by atoms with Gasteiger partial charge in [-0.1, -0.05) is 19.5 Å². The lowest BCUT2D eigenvalue weighted by molar-refractivity contribution is 0.0894. The summed E-state index contributed by atoms with van der Waals surface area (Å²) in [5.74, 6) is 0. The molecule has 0 heterocycles. The van der Waals surface area contributed by atoms with Crippen LogP contribution in [0.4, 0.5) is 0 Å². The topological polar surface area (TPSA) is 60.7 Å². The van der Waals surface area contributed by atoms with Gasteiger partial charge in [-0.15, -0.1) is 0 Å². The van der Waals surface area contributed by atoms with E-state index in [9.17, 15) is 10.2 Å². The zero-order chi connectivity index (χ0) is 14.2. The standard InChI is InChI=1S/C13H29ClO3Si/c1-11(15)6-7-13(17)9-8-12(16)5-4-10-18(2,3)14/h11-13,15-17H,4-10H2,1-3H3. The lowest BCUT2D eigenvalue weighted by Crippen LogP contribution is -2.18. The summed E-state index contributed by atoms with van der Waals surface area (Å²) in [7, 11) is -1.51. The molecule has 18 heavy (non-hydrogen) atoms. The van der Waals surface area contributed by atoms with Crippen LogP contribution >= 0.6 is 11.1 Å². The molecule has 0 radical (unpaired) electrons. The highest BCUT2D eigenvalue weighted by Crippen LogP contribution is 2.19. The zero-order valence-corrected chi connectivity index (χ0v) is 13.7. The van der Waals surface area contributed by atoms with Crippen molar-refractivity contribution in [1.29, 1.82) is 0 Å². The first-order valence-electron chi connectivity index (χ1n) is 6.94. The Bertz CT molecular complexity index is 207. The third kappa shape index (κ3) is 12.8. The summed E-state index contributed by atoms with van der Waals surface area (Å²) >= 11 is 6.21. The molecule has 3 N–H and O–H groups in total. The van der Waals surface area contributed by atoms with Crippen molar-refractivity contribution in [2.75, 3.05) is 0 Å². The Labute approximate surface area is 117 Å². The van der Waals surface area contributed by atoms with Gasteiger partial charge in [-0.25, -0.2) is 0 Å². The fourth-order valence-electron chi connectivity index (χ4n) is 1.87. The van der Waals surface area contributed by atoms with Crippen molar-refractivity contribution in [2.45, 2.75) is 82.9 Å². The van der Waals surface area contributed by atoms with Crippen LogP contribution in [-0.2, 0) is 0 Å². The number of aliphatic hydroxyl groups excluding tert-OH is 3. The summed E-state index contributed by atoms with van der Waals surface area (Å²) in [4.78, 5) is 0. The summed E-state index contributed by atoms with van der Waals surface area (Å²) in [6.45, 7) is 5.95. The van der Waals surface area contributed by atoms with E-state index < -0.39 is 13.5 Å². The molecule has 0 fully saturated rings. The molecule has 0 aliphatic carbocycles. The average Bonchev–Trinajstić information content (AvgIpc) is 2.21. The van der Waals surface area contributed by atoms with Crippen molar-refractivity contribution < 1.29 is 15.3 Å². The molecule has 0 saturated carbocycles. The van der Waals surface area contributed by atoms with Gasteiger partial charge in [-0.3, -0.25) is 0 Å². The number of aliphatic hydroxyl groups is 3. The van der Waals surface area contributed by atoms with Crippen LogP contribution in [0, 0.1) is 0 Å². The van der Waals surface area contributed by atoms with E-state index >= 15 is 0 Å². The molecule has 0 amide bonds. The van der Waals surface area contributed by atoms with E-state index in [1.54, 1.807) is 6.92 Å². The largest absolute Gasteiger partial charge is 0.393 e. The van der Waals surface area contributed by atoms with Crippen LogP contribution in [0.25, 0.3) is 0 Å². The Morgan fingerprint density at radius 2 is 1.33 bits per heavy atom. The molecular weight excluding hydrogens is 268 g/mol. The van der Waals surface area contributed by atoms with Crippen molar-refractivity contribution >= 4 is 18.5 Å². The summed E-state index contributed by atoms with van der Waals surface area (Å²) in [5.41, 5.74) is 0. The Morgan fingerprint density at radius 3 is 1.78 bits per heavy atom. The summed E-state index contributed by atoms with van der Waals surface area (Å²) in [5, 5.41) is 28.6. The number of hydrogen-bond donors (Lipinski definition) is 3. The van der Waals surface area contributed by atoms with E-state index in [2.05, 4.69) is 13.1 Å². The summed E-state index contributed by atoms with van der Waals surface area (Å²) < 4.78 is 0. The van der Waals surface area contributed by atoms with Crippen molar-refractivity contribution in [3.8, 4) is 0 Å². The zero-order valence-electron chi connectivity index (χ0n) is 11.9. The van der Waals surface area contributed by atoms with E-state index in [-0.39, 0.29) is 12.2 Å². The molecular formula is C13H29ClO3Si. The Morgan fingerprint density at radius 1 is 0.889 bits per heavy atom. The maximum absolute atomic E-state index is 9.78.